The Kier molecular flexibility index (Phi) is 3.06. The molecule has 9 heteroatoms. The van der Waals surface area contributed by atoms with Crippen LogP contribution in [-0.2, 0) is 11.3 Å². The third-order valence-electron chi connectivity index (χ3n) is 5.39. The van der Waals surface area contributed by atoms with Crippen molar-refractivity contribution in [1.82, 2.24) is 33.9 Å². The number of nitrogens with zero attached hydrogens (tertiary/aromatic N) is 8. The highest BCUT2D eigenvalue weighted by Gasteiger charge is 2.32. The normalized spacial score (nSPS) is 16.1. The third-order valence-corrected chi connectivity index (χ3v) is 5.39. The summed E-state index contributed by atoms with van der Waals surface area (Å²) < 4.78 is 5.83. The van der Waals surface area contributed by atoms with Crippen LogP contribution < -0.4 is 4.90 Å². The minimum Gasteiger partial charge on any atom is -0.306 e. The topological polar surface area (TPSA) is 86.1 Å². The first-order valence-electron chi connectivity index (χ1n) is 9.44. The molecule has 1 aliphatic carbocycles. The van der Waals surface area contributed by atoms with Gasteiger partial charge in [0, 0.05) is 38.6 Å². The summed E-state index contributed by atoms with van der Waals surface area (Å²) in [5, 5.41) is 9.47. The van der Waals surface area contributed by atoms with E-state index in [4.69, 9.17) is 15.2 Å². The van der Waals surface area contributed by atoms with Gasteiger partial charge < -0.3 is 4.57 Å². The van der Waals surface area contributed by atoms with Crippen molar-refractivity contribution in [3.8, 4) is 22.8 Å². The van der Waals surface area contributed by atoms with Gasteiger partial charge in [-0.05, 0) is 31.0 Å². The van der Waals surface area contributed by atoms with Crippen LogP contribution in [0.3, 0.4) is 0 Å². The summed E-state index contributed by atoms with van der Waals surface area (Å²) in [7, 11) is 0. The molecule has 0 bridgehead atoms. The van der Waals surface area contributed by atoms with E-state index in [-0.39, 0.29) is 5.91 Å². The molecule has 0 spiro atoms. The first kappa shape index (κ1) is 15.6. The summed E-state index contributed by atoms with van der Waals surface area (Å²) in [5.41, 5.74) is 4.02. The Morgan fingerprint density at radius 3 is 2.79 bits per heavy atom. The second-order valence-corrected chi connectivity index (χ2v) is 7.29. The SMILES string of the molecule is CC(=O)N1CCn2c1nc(-c1ccn(C3CC3)n1)c2-c1ccc2nccn2n1. The number of imidazole rings is 2. The summed E-state index contributed by atoms with van der Waals surface area (Å²) in [5.74, 6) is 0.648. The number of aromatic nitrogens is 7. The van der Waals surface area contributed by atoms with E-state index in [1.165, 1.54) is 12.8 Å². The molecule has 0 unspecified atom stereocenters. The van der Waals surface area contributed by atoms with E-state index >= 15 is 0 Å². The van der Waals surface area contributed by atoms with Gasteiger partial charge in [0.05, 0.1) is 11.7 Å². The second-order valence-electron chi connectivity index (χ2n) is 7.29. The standard InChI is InChI=1S/C19H18N8O/c1-12(28)24-10-11-25-18(15-4-5-16-20-7-9-27(16)23-15)17(21-19(24)25)14-6-8-26(22-14)13-2-3-13/h4-9,13H,2-3,10-11H2,1H3. The third kappa shape index (κ3) is 2.22. The predicted molar refractivity (Wildman–Crippen MR) is 102 cm³/mol. The highest BCUT2D eigenvalue weighted by atomic mass is 16.2. The lowest BCUT2D eigenvalue weighted by molar-refractivity contribution is -0.116. The lowest BCUT2D eigenvalue weighted by atomic mass is 10.2. The summed E-state index contributed by atoms with van der Waals surface area (Å²) in [6, 6.07) is 6.38. The van der Waals surface area contributed by atoms with E-state index in [2.05, 4.69) is 9.55 Å². The Morgan fingerprint density at radius 1 is 1.07 bits per heavy atom. The molecule has 0 saturated heterocycles. The maximum Gasteiger partial charge on any atom is 0.226 e. The smallest absolute Gasteiger partial charge is 0.226 e. The molecule has 1 saturated carbocycles. The van der Waals surface area contributed by atoms with E-state index in [1.54, 1.807) is 22.5 Å². The molecule has 0 aromatic carbocycles. The summed E-state index contributed by atoms with van der Waals surface area (Å²) in [6.45, 7) is 2.88. The van der Waals surface area contributed by atoms with Gasteiger partial charge in [-0.25, -0.2) is 14.5 Å². The number of hydrogen-bond acceptors (Lipinski definition) is 5. The van der Waals surface area contributed by atoms with Crippen molar-refractivity contribution >= 4 is 17.5 Å². The van der Waals surface area contributed by atoms with Gasteiger partial charge in [0.15, 0.2) is 5.65 Å². The van der Waals surface area contributed by atoms with E-state index in [0.29, 0.717) is 25.1 Å². The molecule has 28 heavy (non-hydrogen) atoms. The summed E-state index contributed by atoms with van der Waals surface area (Å²) in [6.07, 6.45) is 7.90. The Balaban J connectivity index is 1.56. The first-order chi connectivity index (χ1) is 13.7. The summed E-state index contributed by atoms with van der Waals surface area (Å²) >= 11 is 0. The molecule has 0 N–H and O–H groups in total. The molecule has 9 nitrogen and oxygen atoms in total. The van der Waals surface area contributed by atoms with Crippen LogP contribution in [0.25, 0.3) is 28.4 Å². The zero-order chi connectivity index (χ0) is 18.8. The van der Waals surface area contributed by atoms with Crippen LogP contribution in [0.15, 0.2) is 36.8 Å². The number of anilines is 1. The maximum atomic E-state index is 12.1. The number of rotatable bonds is 3. The van der Waals surface area contributed by atoms with Gasteiger partial charge in [0.2, 0.25) is 11.9 Å². The second kappa shape index (κ2) is 5.51. The molecule has 1 aliphatic heterocycles. The van der Waals surface area contributed by atoms with Crippen molar-refractivity contribution in [2.24, 2.45) is 0 Å². The van der Waals surface area contributed by atoms with Gasteiger partial charge >= 0.3 is 0 Å². The highest BCUT2D eigenvalue weighted by Crippen LogP contribution is 2.39. The fourth-order valence-corrected chi connectivity index (χ4v) is 3.84. The molecular formula is C19H18N8O. The molecule has 140 valence electrons. The Hall–Kier alpha value is -3.49. The first-order valence-corrected chi connectivity index (χ1v) is 9.44. The van der Waals surface area contributed by atoms with Gasteiger partial charge in [-0.1, -0.05) is 0 Å². The lowest BCUT2D eigenvalue weighted by Gasteiger charge is -2.09. The van der Waals surface area contributed by atoms with Gasteiger partial charge in [-0.15, -0.1) is 0 Å². The zero-order valence-electron chi connectivity index (χ0n) is 15.4. The average molecular weight is 374 g/mol. The van der Waals surface area contributed by atoms with Crippen molar-refractivity contribution in [3.05, 3.63) is 36.8 Å². The van der Waals surface area contributed by atoms with E-state index in [1.807, 2.05) is 35.3 Å². The average Bonchev–Trinajstić information content (AvgIpc) is 3.09. The lowest BCUT2D eigenvalue weighted by Crippen LogP contribution is -2.26. The molecule has 4 aromatic heterocycles. The molecule has 2 aliphatic rings. The number of carbonyl (C=O) groups excluding carboxylic acids is 1. The van der Waals surface area contributed by atoms with Gasteiger partial charge in [0.25, 0.3) is 0 Å². The van der Waals surface area contributed by atoms with Crippen LogP contribution in [-0.4, -0.2) is 46.4 Å². The van der Waals surface area contributed by atoms with Crippen LogP contribution in [0.2, 0.25) is 0 Å². The van der Waals surface area contributed by atoms with E-state index < -0.39 is 0 Å². The molecule has 6 rings (SSSR count). The van der Waals surface area contributed by atoms with E-state index in [9.17, 15) is 4.79 Å². The van der Waals surface area contributed by atoms with Gasteiger partial charge in [-0.3, -0.25) is 14.4 Å². The fraction of sp³-hybridized carbons (Fsp3) is 0.316. The predicted octanol–water partition coefficient (Wildman–Crippen LogP) is 2.16. The number of hydrogen-bond donors (Lipinski definition) is 0. The van der Waals surface area contributed by atoms with Gasteiger partial charge in [-0.2, -0.15) is 10.2 Å². The Labute approximate surface area is 160 Å². The van der Waals surface area contributed by atoms with Crippen molar-refractivity contribution in [3.63, 3.8) is 0 Å². The minimum absolute atomic E-state index is 0.0108. The van der Waals surface area contributed by atoms with Crippen LogP contribution >= 0.6 is 0 Å². The van der Waals surface area contributed by atoms with Crippen LogP contribution in [0.5, 0.6) is 0 Å². The zero-order valence-corrected chi connectivity index (χ0v) is 15.4. The van der Waals surface area contributed by atoms with Crippen molar-refractivity contribution in [2.75, 3.05) is 11.4 Å². The molecule has 0 atom stereocenters. The molecule has 5 heterocycles. The van der Waals surface area contributed by atoms with Crippen LogP contribution in [0.1, 0.15) is 25.8 Å². The summed E-state index contributed by atoms with van der Waals surface area (Å²) in [4.78, 5) is 22.9. The minimum atomic E-state index is -0.0108. The molecule has 1 amide bonds. The number of amides is 1. The molecule has 4 aromatic rings. The van der Waals surface area contributed by atoms with Crippen LogP contribution in [0.4, 0.5) is 5.95 Å². The molecule has 0 radical (unpaired) electrons. The monoisotopic (exact) mass is 374 g/mol. The molecular weight excluding hydrogens is 356 g/mol. The van der Waals surface area contributed by atoms with Gasteiger partial charge in [0.1, 0.15) is 17.1 Å². The fourth-order valence-electron chi connectivity index (χ4n) is 3.84. The number of carbonyl (C=O) groups is 1. The quantitative estimate of drug-likeness (QED) is 0.548. The molecule has 1 fully saturated rings. The van der Waals surface area contributed by atoms with Crippen molar-refractivity contribution in [1.29, 1.82) is 0 Å². The van der Waals surface area contributed by atoms with E-state index in [0.717, 1.165) is 28.4 Å². The van der Waals surface area contributed by atoms with Crippen molar-refractivity contribution in [2.45, 2.75) is 32.4 Å². The largest absolute Gasteiger partial charge is 0.306 e. The van der Waals surface area contributed by atoms with Crippen molar-refractivity contribution < 1.29 is 4.79 Å². The maximum absolute atomic E-state index is 12.1. The number of fused-ring (bicyclic) bond motifs is 2. The highest BCUT2D eigenvalue weighted by molar-refractivity contribution is 5.92. The van der Waals surface area contributed by atoms with Crippen LogP contribution in [0, 0.1) is 0 Å². The Morgan fingerprint density at radius 2 is 1.96 bits per heavy atom. The Bertz CT molecular complexity index is 1230.